The SMILES string of the molecule is CNC(CSc1ccccn1)C1CCCCC1. The third-order valence-electron chi connectivity index (χ3n) is 3.64. The Labute approximate surface area is 109 Å². The zero-order chi connectivity index (χ0) is 11.9. The lowest BCUT2D eigenvalue weighted by Gasteiger charge is -2.29. The first-order valence-corrected chi connectivity index (χ1v) is 7.60. The highest BCUT2D eigenvalue weighted by Crippen LogP contribution is 2.29. The maximum Gasteiger partial charge on any atom is 0.0960 e. The molecule has 0 amide bonds. The Hall–Kier alpha value is -0.540. The van der Waals surface area contributed by atoms with Crippen LogP contribution < -0.4 is 5.32 Å². The fourth-order valence-electron chi connectivity index (χ4n) is 2.60. The van der Waals surface area contributed by atoms with Crippen molar-refractivity contribution in [2.45, 2.75) is 43.2 Å². The van der Waals surface area contributed by atoms with Gasteiger partial charge in [0, 0.05) is 18.0 Å². The van der Waals surface area contributed by atoms with E-state index in [9.17, 15) is 0 Å². The zero-order valence-corrected chi connectivity index (χ0v) is 11.4. The summed E-state index contributed by atoms with van der Waals surface area (Å²) in [4.78, 5) is 4.37. The van der Waals surface area contributed by atoms with Gasteiger partial charge in [0.25, 0.3) is 0 Å². The maximum atomic E-state index is 4.37. The molecule has 1 N–H and O–H groups in total. The van der Waals surface area contributed by atoms with Gasteiger partial charge in [-0.1, -0.05) is 25.3 Å². The average Bonchev–Trinajstić information content (AvgIpc) is 2.42. The van der Waals surface area contributed by atoms with E-state index in [1.54, 1.807) is 0 Å². The second-order valence-corrected chi connectivity index (χ2v) is 5.81. The van der Waals surface area contributed by atoms with Crippen molar-refractivity contribution in [1.82, 2.24) is 10.3 Å². The average molecular weight is 250 g/mol. The number of rotatable bonds is 5. The standard InChI is InChI=1S/C14H22N2S/c1-15-13(12-7-3-2-4-8-12)11-17-14-9-5-6-10-16-14/h5-6,9-10,12-13,15H,2-4,7-8,11H2,1H3. The topological polar surface area (TPSA) is 24.9 Å². The van der Waals surface area contributed by atoms with E-state index < -0.39 is 0 Å². The van der Waals surface area contributed by atoms with Gasteiger partial charge in [-0.15, -0.1) is 11.8 Å². The van der Waals surface area contributed by atoms with E-state index >= 15 is 0 Å². The van der Waals surface area contributed by atoms with Crippen LogP contribution in [0.2, 0.25) is 0 Å². The molecule has 0 radical (unpaired) electrons. The first kappa shape index (κ1) is 12.9. The summed E-state index contributed by atoms with van der Waals surface area (Å²) in [5.41, 5.74) is 0. The fraction of sp³-hybridized carbons (Fsp3) is 0.643. The summed E-state index contributed by atoms with van der Waals surface area (Å²) in [7, 11) is 2.10. The smallest absolute Gasteiger partial charge is 0.0960 e. The predicted molar refractivity (Wildman–Crippen MR) is 74.4 cm³/mol. The molecule has 0 aromatic carbocycles. The van der Waals surface area contributed by atoms with Gasteiger partial charge in [-0.3, -0.25) is 0 Å². The molecule has 0 saturated heterocycles. The lowest BCUT2D eigenvalue weighted by Crippen LogP contribution is -2.36. The Bertz CT molecular complexity index is 309. The second-order valence-electron chi connectivity index (χ2n) is 4.77. The van der Waals surface area contributed by atoms with Gasteiger partial charge in [-0.05, 0) is 37.9 Å². The van der Waals surface area contributed by atoms with Crippen LogP contribution in [0.15, 0.2) is 29.4 Å². The van der Waals surface area contributed by atoms with E-state index in [1.165, 1.54) is 32.1 Å². The summed E-state index contributed by atoms with van der Waals surface area (Å²) in [5.74, 6) is 2.00. The molecule has 1 heterocycles. The van der Waals surface area contributed by atoms with Crippen LogP contribution >= 0.6 is 11.8 Å². The van der Waals surface area contributed by atoms with Crippen LogP contribution in [0.1, 0.15) is 32.1 Å². The van der Waals surface area contributed by atoms with Gasteiger partial charge in [0.05, 0.1) is 5.03 Å². The van der Waals surface area contributed by atoms with Gasteiger partial charge >= 0.3 is 0 Å². The molecular weight excluding hydrogens is 228 g/mol. The van der Waals surface area contributed by atoms with E-state index in [0.717, 1.165) is 16.7 Å². The van der Waals surface area contributed by atoms with E-state index in [4.69, 9.17) is 0 Å². The van der Waals surface area contributed by atoms with Crippen molar-refractivity contribution >= 4 is 11.8 Å². The lowest BCUT2D eigenvalue weighted by atomic mass is 9.84. The van der Waals surface area contributed by atoms with Gasteiger partial charge in [-0.25, -0.2) is 4.98 Å². The van der Waals surface area contributed by atoms with Crippen molar-refractivity contribution in [3.63, 3.8) is 0 Å². The molecular formula is C14H22N2S. The first-order valence-electron chi connectivity index (χ1n) is 6.61. The highest BCUT2D eigenvalue weighted by molar-refractivity contribution is 7.99. The minimum absolute atomic E-state index is 0.641. The van der Waals surface area contributed by atoms with Gasteiger partial charge in [-0.2, -0.15) is 0 Å². The number of aromatic nitrogens is 1. The molecule has 2 nitrogen and oxygen atoms in total. The summed E-state index contributed by atoms with van der Waals surface area (Å²) in [5, 5.41) is 4.64. The lowest BCUT2D eigenvalue weighted by molar-refractivity contribution is 0.294. The Kier molecular flexibility index (Phi) is 5.33. The predicted octanol–water partition coefficient (Wildman–Crippen LogP) is 3.34. The Morgan fingerprint density at radius 1 is 1.35 bits per heavy atom. The van der Waals surface area contributed by atoms with E-state index in [2.05, 4.69) is 29.5 Å². The van der Waals surface area contributed by atoms with Gasteiger partial charge in [0.2, 0.25) is 0 Å². The normalized spacial score (nSPS) is 19.1. The first-order chi connectivity index (χ1) is 8.40. The fourth-order valence-corrected chi connectivity index (χ4v) is 3.70. The molecule has 94 valence electrons. The second kappa shape index (κ2) is 7.02. The highest BCUT2D eigenvalue weighted by Gasteiger charge is 2.22. The van der Waals surface area contributed by atoms with E-state index in [0.29, 0.717) is 6.04 Å². The number of nitrogens with zero attached hydrogens (tertiary/aromatic N) is 1. The van der Waals surface area contributed by atoms with Crippen LogP contribution in [-0.4, -0.2) is 23.8 Å². The van der Waals surface area contributed by atoms with Crippen LogP contribution in [0.25, 0.3) is 0 Å². The summed E-state index contributed by atoms with van der Waals surface area (Å²) in [6.45, 7) is 0. The molecule has 3 heteroatoms. The van der Waals surface area contributed by atoms with Crippen LogP contribution in [0.5, 0.6) is 0 Å². The Morgan fingerprint density at radius 2 is 2.18 bits per heavy atom. The van der Waals surface area contributed by atoms with Crippen molar-refractivity contribution in [3.05, 3.63) is 24.4 Å². The molecule has 1 aliphatic carbocycles. The minimum Gasteiger partial charge on any atom is -0.316 e. The van der Waals surface area contributed by atoms with Gasteiger partial charge in [0.1, 0.15) is 0 Å². The molecule has 0 bridgehead atoms. The van der Waals surface area contributed by atoms with Crippen molar-refractivity contribution in [2.75, 3.05) is 12.8 Å². The molecule has 2 rings (SSSR count). The van der Waals surface area contributed by atoms with Crippen molar-refractivity contribution in [2.24, 2.45) is 5.92 Å². The third-order valence-corrected chi connectivity index (χ3v) is 4.70. The van der Waals surface area contributed by atoms with E-state index in [-0.39, 0.29) is 0 Å². The van der Waals surface area contributed by atoms with E-state index in [1.807, 2.05) is 24.0 Å². The number of nitrogens with one attached hydrogen (secondary N) is 1. The van der Waals surface area contributed by atoms with Crippen molar-refractivity contribution < 1.29 is 0 Å². The van der Waals surface area contributed by atoms with Crippen molar-refractivity contribution in [1.29, 1.82) is 0 Å². The number of thioether (sulfide) groups is 1. The van der Waals surface area contributed by atoms with Crippen molar-refractivity contribution in [3.8, 4) is 0 Å². The van der Waals surface area contributed by atoms with Crippen LogP contribution in [0.3, 0.4) is 0 Å². The molecule has 17 heavy (non-hydrogen) atoms. The zero-order valence-electron chi connectivity index (χ0n) is 10.6. The molecule has 1 aliphatic rings. The number of pyridine rings is 1. The van der Waals surface area contributed by atoms with Crippen LogP contribution in [-0.2, 0) is 0 Å². The quantitative estimate of drug-likeness (QED) is 0.811. The number of hydrogen-bond acceptors (Lipinski definition) is 3. The largest absolute Gasteiger partial charge is 0.316 e. The maximum absolute atomic E-state index is 4.37. The van der Waals surface area contributed by atoms with Crippen LogP contribution in [0.4, 0.5) is 0 Å². The monoisotopic (exact) mass is 250 g/mol. The molecule has 1 atom stereocenters. The molecule has 1 aromatic rings. The molecule has 0 spiro atoms. The number of hydrogen-bond donors (Lipinski definition) is 1. The summed E-state index contributed by atoms with van der Waals surface area (Å²) >= 11 is 1.87. The van der Waals surface area contributed by atoms with Gasteiger partial charge < -0.3 is 5.32 Å². The highest BCUT2D eigenvalue weighted by atomic mass is 32.2. The molecule has 1 fully saturated rings. The Morgan fingerprint density at radius 3 is 2.82 bits per heavy atom. The molecule has 1 saturated carbocycles. The minimum atomic E-state index is 0.641. The Balaban J connectivity index is 1.82. The summed E-state index contributed by atoms with van der Waals surface area (Å²) in [6, 6.07) is 6.77. The molecule has 0 aliphatic heterocycles. The summed E-state index contributed by atoms with van der Waals surface area (Å²) in [6.07, 6.45) is 8.93. The third kappa shape index (κ3) is 4.00. The summed E-state index contributed by atoms with van der Waals surface area (Å²) < 4.78 is 0. The molecule has 1 unspecified atom stereocenters. The van der Waals surface area contributed by atoms with Gasteiger partial charge in [0.15, 0.2) is 0 Å². The molecule has 1 aromatic heterocycles. The van der Waals surface area contributed by atoms with Crippen LogP contribution in [0, 0.1) is 5.92 Å².